The molecule has 1 N–H and O–H groups in total. The monoisotopic (exact) mass is 339 g/mol. The summed E-state index contributed by atoms with van der Waals surface area (Å²) in [5.41, 5.74) is -0.429. The average Bonchev–Trinajstić information content (AvgIpc) is 3.20. The molecule has 1 aliphatic carbocycles. The van der Waals surface area contributed by atoms with Crippen LogP contribution in [0.2, 0.25) is 0 Å². The van der Waals surface area contributed by atoms with Crippen LogP contribution in [0.25, 0.3) is 0 Å². The number of imide groups is 1. The SMILES string of the molecule is CCC(CC#N)NC(=O)C1(N2C(=O)c3ccccc3C2=O)CCCC1. The molecule has 0 radical (unpaired) electrons. The van der Waals surface area contributed by atoms with Gasteiger partial charge in [0, 0.05) is 6.04 Å². The van der Waals surface area contributed by atoms with Gasteiger partial charge in [-0.05, 0) is 31.4 Å². The van der Waals surface area contributed by atoms with Gasteiger partial charge in [-0.15, -0.1) is 0 Å². The Labute approximate surface area is 146 Å². The Morgan fingerprint density at radius 3 is 2.28 bits per heavy atom. The molecule has 3 rings (SSSR count). The number of carbonyl (C=O) groups is 3. The molecule has 6 heteroatoms. The van der Waals surface area contributed by atoms with E-state index in [1.54, 1.807) is 24.3 Å². The lowest BCUT2D eigenvalue weighted by atomic mass is 9.92. The molecule has 1 aliphatic heterocycles. The van der Waals surface area contributed by atoms with E-state index in [0.717, 1.165) is 12.8 Å². The number of benzene rings is 1. The van der Waals surface area contributed by atoms with Gasteiger partial charge in [0.15, 0.2) is 0 Å². The minimum atomic E-state index is -1.14. The van der Waals surface area contributed by atoms with Gasteiger partial charge in [-0.1, -0.05) is 31.9 Å². The van der Waals surface area contributed by atoms with Gasteiger partial charge in [-0.2, -0.15) is 5.26 Å². The zero-order valence-corrected chi connectivity index (χ0v) is 14.2. The van der Waals surface area contributed by atoms with Crippen LogP contribution in [0.3, 0.4) is 0 Å². The molecule has 3 amide bonds. The molecule has 2 aliphatic rings. The second-order valence-corrected chi connectivity index (χ2v) is 6.67. The van der Waals surface area contributed by atoms with Crippen molar-refractivity contribution in [1.29, 1.82) is 5.26 Å². The number of fused-ring (bicyclic) bond motifs is 1. The number of nitriles is 1. The van der Waals surface area contributed by atoms with Gasteiger partial charge >= 0.3 is 0 Å². The topological polar surface area (TPSA) is 90.3 Å². The van der Waals surface area contributed by atoms with Gasteiger partial charge < -0.3 is 5.32 Å². The van der Waals surface area contributed by atoms with Crippen LogP contribution in [-0.2, 0) is 4.79 Å². The first kappa shape index (κ1) is 17.2. The summed E-state index contributed by atoms with van der Waals surface area (Å²) in [6.07, 6.45) is 3.34. The Bertz CT molecular complexity index is 724. The van der Waals surface area contributed by atoms with Gasteiger partial charge in [-0.3, -0.25) is 19.3 Å². The average molecular weight is 339 g/mol. The fraction of sp³-hybridized carbons (Fsp3) is 0.474. The minimum Gasteiger partial charge on any atom is -0.350 e. The molecule has 0 bridgehead atoms. The van der Waals surface area contributed by atoms with Crippen LogP contribution in [0.15, 0.2) is 24.3 Å². The largest absolute Gasteiger partial charge is 0.350 e. The van der Waals surface area contributed by atoms with Crippen LogP contribution in [0.4, 0.5) is 0 Å². The van der Waals surface area contributed by atoms with E-state index in [2.05, 4.69) is 11.4 Å². The maximum atomic E-state index is 13.1. The van der Waals surface area contributed by atoms with Crippen molar-refractivity contribution in [3.8, 4) is 6.07 Å². The summed E-state index contributed by atoms with van der Waals surface area (Å²) in [6, 6.07) is 8.48. The first-order chi connectivity index (χ1) is 12.0. The summed E-state index contributed by atoms with van der Waals surface area (Å²) in [5.74, 6) is -1.11. The van der Waals surface area contributed by atoms with Crippen molar-refractivity contribution in [2.75, 3.05) is 0 Å². The summed E-state index contributed by atoms with van der Waals surface area (Å²) in [6.45, 7) is 1.89. The Balaban J connectivity index is 1.94. The third kappa shape index (κ3) is 2.70. The Morgan fingerprint density at radius 1 is 1.24 bits per heavy atom. The maximum absolute atomic E-state index is 13.1. The van der Waals surface area contributed by atoms with Crippen molar-refractivity contribution in [1.82, 2.24) is 10.2 Å². The normalized spacial score (nSPS) is 19.4. The predicted octanol–water partition coefficient (Wildman–Crippen LogP) is 2.40. The predicted molar refractivity (Wildman–Crippen MR) is 90.6 cm³/mol. The lowest BCUT2D eigenvalue weighted by Crippen LogP contribution is -2.60. The van der Waals surface area contributed by atoms with Crippen LogP contribution in [0.5, 0.6) is 0 Å². The molecule has 25 heavy (non-hydrogen) atoms. The lowest BCUT2D eigenvalue weighted by Gasteiger charge is -2.36. The number of carbonyl (C=O) groups excluding carboxylic acids is 3. The second kappa shape index (κ2) is 6.67. The Kier molecular flexibility index (Phi) is 4.58. The fourth-order valence-corrected chi connectivity index (χ4v) is 3.82. The molecule has 0 aromatic heterocycles. The van der Waals surface area contributed by atoms with Crippen molar-refractivity contribution >= 4 is 17.7 Å². The molecule has 1 atom stereocenters. The van der Waals surface area contributed by atoms with Gasteiger partial charge in [-0.25, -0.2) is 0 Å². The molecule has 130 valence electrons. The first-order valence-electron chi connectivity index (χ1n) is 8.71. The Morgan fingerprint density at radius 2 is 1.80 bits per heavy atom. The summed E-state index contributed by atoms with van der Waals surface area (Å²) in [7, 11) is 0. The molecule has 1 aromatic rings. The van der Waals surface area contributed by atoms with E-state index in [1.807, 2.05) is 6.92 Å². The highest BCUT2D eigenvalue weighted by Gasteiger charge is 2.54. The van der Waals surface area contributed by atoms with Crippen LogP contribution in [-0.4, -0.2) is 34.2 Å². The van der Waals surface area contributed by atoms with Crippen LogP contribution in [0.1, 0.15) is 66.2 Å². The lowest BCUT2D eigenvalue weighted by molar-refractivity contribution is -0.131. The second-order valence-electron chi connectivity index (χ2n) is 6.67. The number of amides is 3. The Hall–Kier alpha value is -2.68. The van der Waals surface area contributed by atoms with E-state index in [-0.39, 0.29) is 18.4 Å². The molecule has 0 spiro atoms. The number of nitrogens with zero attached hydrogens (tertiary/aromatic N) is 2. The van der Waals surface area contributed by atoms with E-state index in [4.69, 9.17) is 5.26 Å². The molecule has 0 saturated heterocycles. The van der Waals surface area contributed by atoms with Gasteiger partial charge in [0.1, 0.15) is 5.54 Å². The first-order valence-corrected chi connectivity index (χ1v) is 8.71. The molecule has 1 heterocycles. The van der Waals surface area contributed by atoms with E-state index >= 15 is 0 Å². The highest BCUT2D eigenvalue weighted by atomic mass is 16.2. The molecule has 1 saturated carbocycles. The highest BCUT2D eigenvalue weighted by molar-refractivity contribution is 6.23. The third-order valence-corrected chi connectivity index (χ3v) is 5.24. The van der Waals surface area contributed by atoms with E-state index in [9.17, 15) is 14.4 Å². The standard InChI is InChI=1S/C19H21N3O3/c1-2-13(9-12-20)21-18(25)19(10-5-6-11-19)22-16(23)14-7-3-4-8-15(14)17(22)24/h3-4,7-8,13H,2,5-6,9-11H2,1H3,(H,21,25). The molecule has 1 unspecified atom stereocenters. The third-order valence-electron chi connectivity index (χ3n) is 5.24. The smallest absolute Gasteiger partial charge is 0.262 e. The van der Waals surface area contributed by atoms with Gasteiger partial charge in [0.2, 0.25) is 5.91 Å². The summed E-state index contributed by atoms with van der Waals surface area (Å²) < 4.78 is 0. The fourth-order valence-electron chi connectivity index (χ4n) is 3.82. The van der Waals surface area contributed by atoms with Crippen molar-refractivity contribution in [2.45, 2.75) is 57.0 Å². The van der Waals surface area contributed by atoms with Crippen molar-refractivity contribution in [3.63, 3.8) is 0 Å². The molecular weight excluding hydrogens is 318 g/mol. The summed E-state index contributed by atoms with van der Waals surface area (Å²) >= 11 is 0. The highest BCUT2D eigenvalue weighted by Crippen LogP contribution is 2.40. The summed E-state index contributed by atoms with van der Waals surface area (Å²) in [5, 5.41) is 11.8. The molecule has 1 fully saturated rings. The maximum Gasteiger partial charge on any atom is 0.262 e. The van der Waals surface area contributed by atoms with Crippen LogP contribution >= 0.6 is 0 Å². The number of hydrogen-bond acceptors (Lipinski definition) is 4. The van der Waals surface area contributed by atoms with Crippen molar-refractivity contribution < 1.29 is 14.4 Å². The number of nitrogens with one attached hydrogen (secondary N) is 1. The van der Waals surface area contributed by atoms with Gasteiger partial charge in [0.25, 0.3) is 11.8 Å². The molecule has 6 nitrogen and oxygen atoms in total. The van der Waals surface area contributed by atoms with E-state index in [1.165, 1.54) is 4.90 Å². The van der Waals surface area contributed by atoms with E-state index < -0.39 is 17.4 Å². The zero-order valence-electron chi connectivity index (χ0n) is 14.2. The minimum absolute atomic E-state index is 0.209. The molecular formula is C19H21N3O3. The zero-order chi connectivity index (χ0) is 18.0. The van der Waals surface area contributed by atoms with Gasteiger partial charge in [0.05, 0.1) is 23.6 Å². The van der Waals surface area contributed by atoms with Crippen LogP contribution in [0, 0.1) is 11.3 Å². The van der Waals surface area contributed by atoms with E-state index in [0.29, 0.717) is 30.4 Å². The quantitative estimate of drug-likeness (QED) is 0.834. The van der Waals surface area contributed by atoms with Crippen molar-refractivity contribution in [3.05, 3.63) is 35.4 Å². The number of hydrogen-bond donors (Lipinski definition) is 1. The van der Waals surface area contributed by atoms with Crippen LogP contribution < -0.4 is 5.32 Å². The number of rotatable bonds is 5. The molecule has 1 aromatic carbocycles. The van der Waals surface area contributed by atoms with Crippen molar-refractivity contribution in [2.24, 2.45) is 0 Å². The summed E-state index contributed by atoms with van der Waals surface area (Å²) in [4.78, 5) is 40.0.